The molecular formula is C12H16ClN. The molecule has 1 saturated carbocycles. The van der Waals surface area contributed by atoms with Crippen LogP contribution in [-0.2, 0) is 0 Å². The van der Waals surface area contributed by atoms with Crippen molar-refractivity contribution in [3.63, 3.8) is 0 Å². The van der Waals surface area contributed by atoms with E-state index in [0.717, 1.165) is 16.6 Å². The van der Waals surface area contributed by atoms with Crippen LogP contribution < -0.4 is 5.32 Å². The summed E-state index contributed by atoms with van der Waals surface area (Å²) in [4.78, 5) is 0. The van der Waals surface area contributed by atoms with Gasteiger partial charge in [0, 0.05) is 6.04 Å². The van der Waals surface area contributed by atoms with Gasteiger partial charge in [0.15, 0.2) is 0 Å². The summed E-state index contributed by atoms with van der Waals surface area (Å²) in [6.45, 7) is 4.33. The van der Waals surface area contributed by atoms with Crippen LogP contribution in [0.1, 0.15) is 25.3 Å². The Morgan fingerprint density at radius 1 is 1.43 bits per heavy atom. The molecule has 0 radical (unpaired) electrons. The van der Waals surface area contributed by atoms with Gasteiger partial charge in [-0.05, 0) is 44.2 Å². The Labute approximate surface area is 90.5 Å². The number of hydrogen-bond acceptors (Lipinski definition) is 1. The van der Waals surface area contributed by atoms with Crippen LogP contribution in [0.4, 0.5) is 5.69 Å². The second-order valence-corrected chi connectivity index (χ2v) is 4.61. The zero-order valence-corrected chi connectivity index (χ0v) is 9.43. The summed E-state index contributed by atoms with van der Waals surface area (Å²) in [5.74, 6) is 0.852. The molecule has 1 atom stereocenters. The Balaban J connectivity index is 2.14. The predicted molar refractivity (Wildman–Crippen MR) is 62.0 cm³/mol. The van der Waals surface area contributed by atoms with Gasteiger partial charge in [-0.25, -0.2) is 0 Å². The van der Waals surface area contributed by atoms with E-state index in [1.54, 1.807) is 0 Å². The van der Waals surface area contributed by atoms with Crippen molar-refractivity contribution in [1.29, 1.82) is 0 Å². The summed E-state index contributed by atoms with van der Waals surface area (Å²) in [5, 5.41) is 4.34. The van der Waals surface area contributed by atoms with Crippen molar-refractivity contribution in [2.45, 2.75) is 32.7 Å². The fraction of sp³-hybridized carbons (Fsp3) is 0.500. The van der Waals surface area contributed by atoms with E-state index in [4.69, 9.17) is 11.6 Å². The van der Waals surface area contributed by atoms with E-state index in [-0.39, 0.29) is 0 Å². The second-order valence-electron chi connectivity index (χ2n) is 4.20. The molecule has 2 heteroatoms. The normalized spacial score (nSPS) is 17.9. The summed E-state index contributed by atoms with van der Waals surface area (Å²) in [5.41, 5.74) is 2.33. The standard InChI is InChI=1S/C12H16ClN/c1-8-4-3-5-11(13)12(8)14-9(2)10-6-7-10/h3-5,9-10,14H,6-7H2,1-2H3. The first-order valence-electron chi connectivity index (χ1n) is 5.20. The molecule has 0 bridgehead atoms. The Kier molecular flexibility index (Phi) is 2.69. The molecule has 1 nitrogen and oxygen atoms in total. The molecule has 1 aliphatic carbocycles. The van der Waals surface area contributed by atoms with Crippen LogP contribution in [0.15, 0.2) is 18.2 Å². The number of benzene rings is 1. The van der Waals surface area contributed by atoms with Crippen molar-refractivity contribution < 1.29 is 0 Å². The maximum atomic E-state index is 6.14. The first-order valence-corrected chi connectivity index (χ1v) is 5.58. The zero-order valence-electron chi connectivity index (χ0n) is 8.68. The summed E-state index contributed by atoms with van der Waals surface area (Å²) in [6.07, 6.45) is 2.72. The molecule has 0 heterocycles. The Bertz CT molecular complexity index is 311. The second kappa shape index (κ2) is 3.82. The van der Waals surface area contributed by atoms with Crippen molar-refractivity contribution in [2.75, 3.05) is 5.32 Å². The molecule has 0 aromatic heterocycles. The van der Waals surface area contributed by atoms with Gasteiger partial charge in [0.2, 0.25) is 0 Å². The minimum Gasteiger partial charge on any atom is -0.381 e. The first-order chi connectivity index (χ1) is 6.68. The molecule has 14 heavy (non-hydrogen) atoms. The van der Waals surface area contributed by atoms with E-state index >= 15 is 0 Å². The Morgan fingerprint density at radius 2 is 2.14 bits per heavy atom. The maximum absolute atomic E-state index is 6.14. The molecule has 1 unspecified atom stereocenters. The summed E-state index contributed by atoms with van der Waals surface area (Å²) >= 11 is 6.14. The van der Waals surface area contributed by atoms with Gasteiger partial charge in [-0.15, -0.1) is 0 Å². The minimum absolute atomic E-state index is 0.550. The van der Waals surface area contributed by atoms with Crippen LogP contribution in [0, 0.1) is 12.8 Å². The van der Waals surface area contributed by atoms with Crippen molar-refractivity contribution in [1.82, 2.24) is 0 Å². The number of hydrogen-bond donors (Lipinski definition) is 1. The highest BCUT2D eigenvalue weighted by molar-refractivity contribution is 6.33. The highest BCUT2D eigenvalue weighted by atomic mass is 35.5. The molecule has 1 aromatic carbocycles. The lowest BCUT2D eigenvalue weighted by molar-refractivity contribution is 0.693. The van der Waals surface area contributed by atoms with Gasteiger partial charge >= 0.3 is 0 Å². The summed E-state index contributed by atoms with van der Waals surface area (Å²) in [7, 11) is 0. The van der Waals surface area contributed by atoms with E-state index in [2.05, 4.69) is 25.2 Å². The van der Waals surface area contributed by atoms with E-state index in [1.807, 2.05) is 12.1 Å². The van der Waals surface area contributed by atoms with E-state index in [9.17, 15) is 0 Å². The molecule has 0 aliphatic heterocycles. The summed E-state index contributed by atoms with van der Waals surface area (Å²) in [6, 6.07) is 6.57. The Morgan fingerprint density at radius 3 is 2.71 bits per heavy atom. The van der Waals surface area contributed by atoms with E-state index in [1.165, 1.54) is 18.4 Å². The lowest BCUT2D eigenvalue weighted by atomic mass is 10.1. The van der Waals surface area contributed by atoms with E-state index < -0.39 is 0 Å². The van der Waals surface area contributed by atoms with Gasteiger partial charge in [-0.2, -0.15) is 0 Å². The van der Waals surface area contributed by atoms with Gasteiger partial charge in [0.1, 0.15) is 0 Å². The quantitative estimate of drug-likeness (QED) is 0.797. The van der Waals surface area contributed by atoms with Gasteiger partial charge in [-0.3, -0.25) is 0 Å². The molecule has 0 amide bonds. The molecular weight excluding hydrogens is 194 g/mol. The number of halogens is 1. The van der Waals surface area contributed by atoms with Crippen LogP contribution in [0.2, 0.25) is 5.02 Å². The number of aryl methyl sites for hydroxylation is 1. The third kappa shape index (κ3) is 2.03. The third-order valence-corrected chi connectivity index (χ3v) is 3.24. The van der Waals surface area contributed by atoms with Crippen molar-refractivity contribution in [3.05, 3.63) is 28.8 Å². The fourth-order valence-electron chi connectivity index (χ4n) is 1.76. The molecule has 2 rings (SSSR count). The highest BCUT2D eigenvalue weighted by Crippen LogP contribution is 2.35. The van der Waals surface area contributed by atoms with E-state index in [0.29, 0.717) is 6.04 Å². The number of nitrogens with one attached hydrogen (secondary N) is 1. The van der Waals surface area contributed by atoms with Crippen LogP contribution in [0.25, 0.3) is 0 Å². The average Bonchev–Trinajstić information content (AvgIpc) is 2.94. The van der Waals surface area contributed by atoms with Crippen LogP contribution >= 0.6 is 11.6 Å². The molecule has 1 aliphatic rings. The molecule has 1 N–H and O–H groups in total. The van der Waals surface area contributed by atoms with Gasteiger partial charge in [0.25, 0.3) is 0 Å². The number of rotatable bonds is 3. The molecule has 76 valence electrons. The van der Waals surface area contributed by atoms with Crippen molar-refractivity contribution in [3.8, 4) is 0 Å². The lowest BCUT2D eigenvalue weighted by Crippen LogP contribution is -2.18. The predicted octanol–water partition coefficient (Wildman–Crippen LogP) is 3.86. The fourth-order valence-corrected chi connectivity index (χ4v) is 2.03. The maximum Gasteiger partial charge on any atom is 0.0640 e. The van der Waals surface area contributed by atoms with Crippen LogP contribution in [0.5, 0.6) is 0 Å². The van der Waals surface area contributed by atoms with Crippen molar-refractivity contribution >= 4 is 17.3 Å². The van der Waals surface area contributed by atoms with Gasteiger partial charge in [0.05, 0.1) is 10.7 Å². The van der Waals surface area contributed by atoms with Crippen molar-refractivity contribution in [2.24, 2.45) is 5.92 Å². The molecule has 0 spiro atoms. The lowest BCUT2D eigenvalue weighted by Gasteiger charge is -2.17. The molecule has 0 saturated heterocycles. The Hall–Kier alpha value is -0.690. The number of anilines is 1. The molecule has 1 fully saturated rings. The number of para-hydroxylation sites is 1. The topological polar surface area (TPSA) is 12.0 Å². The highest BCUT2D eigenvalue weighted by Gasteiger charge is 2.28. The zero-order chi connectivity index (χ0) is 10.1. The summed E-state index contributed by atoms with van der Waals surface area (Å²) < 4.78 is 0. The van der Waals surface area contributed by atoms with Gasteiger partial charge < -0.3 is 5.32 Å². The largest absolute Gasteiger partial charge is 0.381 e. The monoisotopic (exact) mass is 209 g/mol. The third-order valence-electron chi connectivity index (χ3n) is 2.92. The first kappa shape index (κ1) is 9.85. The minimum atomic E-state index is 0.550. The van der Waals surface area contributed by atoms with Crippen LogP contribution in [0.3, 0.4) is 0 Å². The molecule has 1 aromatic rings. The van der Waals surface area contributed by atoms with Crippen LogP contribution in [-0.4, -0.2) is 6.04 Å². The average molecular weight is 210 g/mol. The smallest absolute Gasteiger partial charge is 0.0640 e. The SMILES string of the molecule is Cc1cccc(Cl)c1NC(C)C1CC1. The van der Waals surface area contributed by atoms with Gasteiger partial charge in [-0.1, -0.05) is 23.7 Å².